The highest BCUT2D eigenvalue weighted by atomic mass is 35.5. The predicted molar refractivity (Wildman–Crippen MR) is 87.7 cm³/mol. The van der Waals surface area contributed by atoms with Crippen molar-refractivity contribution in [3.8, 4) is 0 Å². The number of nitrogens with zero attached hydrogens (tertiary/aromatic N) is 4. The van der Waals surface area contributed by atoms with Gasteiger partial charge < -0.3 is 10.2 Å². The van der Waals surface area contributed by atoms with Crippen molar-refractivity contribution in [1.29, 1.82) is 0 Å². The van der Waals surface area contributed by atoms with E-state index in [0.717, 1.165) is 12.1 Å². The Labute approximate surface area is 139 Å². The average molecular weight is 332 g/mol. The first-order valence-corrected chi connectivity index (χ1v) is 8.30. The van der Waals surface area contributed by atoms with E-state index in [1.807, 2.05) is 23.0 Å². The third-order valence-electron chi connectivity index (χ3n) is 4.46. The summed E-state index contributed by atoms with van der Waals surface area (Å²) < 4.78 is 1.91. The fourth-order valence-corrected chi connectivity index (χ4v) is 3.12. The molecule has 1 aliphatic heterocycles. The van der Waals surface area contributed by atoms with E-state index in [4.69, 9.17) is 11.6 Å². The van der Waals surface area contributed by atoms with E-state index in [9.17, 15) is 4.79 Å². The third kappa shape index (κ3) is 3.03. The van der Waals surface area contributed by atoms with Crippen LogP contribution in [-0.2, 0) is 0 Å². The van der Waals surface area contributed by atoms with Gasteiger partial charge in [-0.25, -0.2) is 9.48 Å². The minimum atomic E-state index is -0.122. The number of benzene rings is 1. The first-order chi connectivity index (χ1) is 11.2. The molecule has 2 heterocycles. The van der Waals surface area contributed by atoms with Crippen molar-refractivity contribution < 1.29 is 4.79 Å². The SMILES string of the molecule is O=C(Nc1ccccc1Cl)N1CCC(n2cc(C3CC3)nn2)C1. The molecule has 0 spiro atoms. The van der Waals surface area contributed by atoms with Gasteiger partial charge in [0.05, 0.1) is 22.4 Å². The molecule has 0 bridgehead atoms. The minimum Gasteiger partial charge on any atom is -0.322 e. The number of halogens is 1. The molecule has 120 valence electrons. The van der Waals surface area contributed by atoms with Gasteiger partial charge in [0.25, 0.3) is 0 Å². The number of hydrogen-bond acceptors (Lipinski definition) is 3. The molecule has 23 heavy (non-hydrogen) atoms. The van der Waals surface area contributed by atoms with Crippen molar-refractivity contribution in [3.05, 3.63) is 41.2 Å². The number of likely N-dealkylation sites (tertiary alicyclic amines) is 1. The zero-order chi connectivity index (χ0) is 15.8. The number of amides is 2. The third-order valence-corrected chi connectivity index (χ3v) is 4.79. The fourth-order valence-electron chi connectivity index (χ4n) is 2.93. The summed E-state index contributed by atoms with van der Waals surface area (Å²) in [5.74, 6) is 0.602. The quantitative estimate of drug-likeness (QED) is 0.938. The van der Waals surface area contributed by atoms with Crippen LogP contribution in [0.3, 0.4) is 0 Å². The summed E-state index contributed by atoms with van der Waals surface area (Å²) in [6.45, 7) is 1.35. The smallest absolute Gasteiger partial charge is 0.321 e. The van der Waals surface area contributed by atoms with E-state index in [1.54, 1.807) is 17.0 Å². The van der Waals surface area contributed by atoms with Crippen LogP contribution in [0.15, 0.2) is 30.5 Å². The van der Waals surface area contributed by atoms with Gasteiger partial charge >= 0.3 is 6.03 Å². The highest BCUT2D eigenvalue weighted by molar-refractivity contribution is 6.33. The van der Waals surface area contributed by atoms with E-state index < -0.39 is 0 Å². The molecule has 2 aliphatic rings. The molecule has 1 atom stereocenters. The number of carbonyl (C=O) groups is 1. The Kier molecular flexibility index (Phi) is 3.69. The van der Waals surface area contributed by atoms with Crippen LogP contribution in [0.2, 0.25) is 5.02 Å². The van der Waals surface area contributed by atoms with E-state index in [1.165, 1.54) is 12.8 Å². The van der Waals surface area contributed by atoms with Crippen LogP contribution >= 0.6 is 11.6 Å². The second-order valence-corrected chi connectivity index (χ2v) is 6.60. The molecule has 1 aromatic heterocycles. The van der Waals surface area contributed by atoms with Gasteiger partial charge in [-0.15, -0.1) is 5.10 Å². The predicted octanol–water partition coefficient (Wildman–Crippen LogP) is 3.29. The standard InChI is InChI=1S/C16H18ClN5O/c17-13-3-1-2-4-14(13)18-16(23)21-8-7-12(9-21)22-10-15(19-20-22)11-5-6-11/h1-4,10-12H,5-9H2,(H,18,23). The summed E-state index contributed by atoms with van der Waals surface area (Å²) >= 11 is 6.08. The van der Waals surface area contributed by atoms with Gasteiger partial charge in [-0.3, -0.25) is 0 Å². The largest absolute Gasteiger partial charge is 0.322 e. The molecule has 1 saturated heterocycles. The normalized spacial score (nSPS) is 20.7. The number of aromatic nitrogens is 3. The number of hydrogen-bond donors (Lipinski definition) is 1. The van der Waals surface area contributed by atoms with Crippen molar-refractivity contribution in [2.45, 2.75) is 31.2 Å². The topological polar surface area (TPSA) is 63.1 Å². The van der Waals surface area contributed by atoms with Gasteiger partial charge in [-0.1, -0.05) is 28.9 Å². The molecule has 7 heteroatoms. The van der Waals surface area contributed by atoms with Crippen molar-refractivity contribution in [2.24, 2.45) is 0 Å². The Morgan fingerprint density at radius 3 is 2.87 bits per heavy atom. The molecule has 1 aromatic carbocycles. The van der Waals surface area contributed by atoms with E-state index in [-0.39, 0.29) is 12.1 Å². The molecule has 0 radical (unpaired) electrons. The number of para-hydroxylation sites is 1. The first-order valence-electron chi connectivity index (χ1n) is 7.93. The average Bonchev–Trinajstić information content (AvgIpc) is 3.09. The molecular weight excluding hydrogens is 314 g/mol. The summed E-state index contributed by atoms with van der Waals surface area (Å²) in [6.07, 6.45) is 5.37. The number of carbonyl (C=O) groups excluding carboxylic acids is 1. The lowest BCUT2D eigenvalue weighted by atomic mass is 10.2. The molecule has 1 unspecified atom stereocenters. The van der Waals surface area contributed by atoms with Gasteiger partial charge in [-0.2, -0.15) is 0 Å². The van der Waals surface area contributed by atoms with Crippen molar-refractivity contribution >= 4 is 23.3 Å². The molecule has 2 fully saturated rings. The van der Waals surface area contributed by atoms with Crippen LogP contribution in [0.25, 0.3) is 0 Å². The minimum absolute atomic E-state index is 0.122. The van der Waals surface area contributed by atoms with Gasteiger partial charge in [0.2, 0.25) is 0 Å². The molecule has 1 N–H and O–H groups in total. The number of anilines is 1. The maximum atomic E-state index is 12.4. The van der Waals surface area contributed by atoms with Crippen LogP contribution in [0.4, 0.5) is 10.5 Å². The maximum absolute atomic E-state index is 12.4. The van der Waals surface area contributed by atoms with E-state index >= 15 is 0 Å². The van der Waals surface area contributed by atoms with E-state index in [2.05, 4.69) is 15.6 Å². The van der Waals surface area contributed by atoms with Crippen molar-refractivity contribution in [1.82, 2.24) is 19.9 Å². The summed E-state index contributed by atoms with van der Waals surface area (Å²) in [6, 6.07) is 7.33. The lowest BCUT2D eigenvalue weighted by Crippen LogP contribution is -2.33. The Bertz CT molecular complexity index is 727. The molecule has 2 amide bonds. The van der Waals surface area contributed by atoms with Crippen molar-refractivity contribution in [2.75, 3.05) is 18.4 Å². The van der Waals surface area contributed by atoms with Crippen molar-refractivity contribution in [3.63, 3.8) is 0 Å². The molecule has 1 saturated carbocycles. The Hall–Kier alpha value is -2.08. The Morgan fingerprint density at radius 1 is 1.26 bits per heavy atom. The fraction of sp³-hybridized carbons (Fsp3) is 0.438. The molecule has 1 aliphatic carbocycles. The Balaban J connectivity index is 1.39. The summed E-state index contributed by atoms with van der Waals surface area (Å²) in [7, 11) is 0. The zero-order valence-electron chi connectivity index (χ0n) is 12.7. The maximum Gasteiger partial charge on any atom is 0.321 e. The molecule has 6 nitrogen and oxygen atoms in total. The first kappa shape index (κ1) is 14.5. The lowest BCUT2D eigenvalue weighted by Gasteiger charge is -2.17. The Morgan fingerprint density at radius 2 is 2.09 bits per heavy atom. The van der Waals surface area contributed by atoms with E-state index in [0.29, 0.717) is 29.7 Å². The van der Waals surface area contributed by atoms with Gasteiger partial charge in [0.1, 0.15) is 0 Å². The number of rotatable bonds is 3. The monoisotopic (exact) mass is 331 g/mol. The number of nitrogens with one attached hydrogen (secondary N) is 1. The summed E-state index contributed by atoms with van der Waals surface area (Å²) in [5.41, 5.74) is 1.73. The van der Waals surface area contributed by atoms with Gasteiger partial charge in [0.15, 0.2) is 0 Å². The number of urea groups is 1. The molecule has 4 rings (SSSR count). The van der Waals surface area contributed by atoms with Gasteiger partial charge in [-0.05, 0) is 31.4 Å². The van der Waals surface area contributed by atoms with Crippen LogP contribution in [0, 0.1) is 0 Å². The van der Waals surface area contributed by atoms with Crippen LogP contribution < -0.4 is 5.32 Å². The summed E-state index contributed by atoms with van der Waals surface area (Å²) in [5, 5.41) is 11.9. The zero-order valence-corrected chi connectivity index (χ0v) is 13.4. The lowest BCUT2D eigenvalue weighted by molar-refractivity contribution is 0.220. The van der Waals surface area contributed by atoms with Crippen LogP contribution in [-0.4, -0.2) is 39.0 Å². The highest BCUT2D eigenvalue weighted by Gasteiger charge is 2.31. The van der Waals surface area contributed by atoms with Crippen LogP contribution in [0.5, 0.6) is 0 Å². The second-order valence-electron chi connectivity index (χ2n) is 6.20. The molecular formula is C16H18ClN5O. The highest BCUT2D eigenvalue weighted by Crippen LogP contribution is 2.39. The molecule has 2 aromatic rings. The van der Waals surface area contributed by atoms with Crippen LogP contribution in [0.1, 0.15) is 36.9 Å². The summed E-state index contributed by atoms with van der Waals surface area (Å²) in [4.78, 5) is 14.2. The second kappa shape index (κ2) is 5.85. The van der Waals surface area contributed by atoms with Gasteiger partial charge in [0, 0.05) is 25.2 Å².